The van der Waals surface area contributed by atoms with Crippen LogP contribution in [-0.2, 0) is 0 Å². The van der Waals surface area contributed by atoms with Gasteiger partial charge in [-0.2, -0.15) is 0 Å². The van der Waals surface area contributed by atoms with Gasteiger partial charge in [-0.15, -0.1) is 0 Å². The van der Waals surface area contributed by atoms with E-state index in [1.165, 1.54) is 71.0 Å². The van der Waals surface area contributed by atoms with E-state index in [0.29, 0.717) is 18.1 Å². The molecule has 0 aromatic rings. The lowest BCUT2D eigenvalue weighted by Crippen LogP contribution is -2.49. The maximum absolute atomic E-state index is 9.57. The fraction of sp³-hybridized carbons (Fsp3) is 1.00. The molecule has 3 fully saturated rings. The molecule has 2 aliphatic carbocycles. The maximum atomic E-state index is 9.57. The molecular weight excluding hydrogens is 248 g/mol. The number of hydrogen-bond donors (Lipinski definition) is 2. The van der Waals surface area contributed by atoms with Crippen molar-refractivity contribution in [2.75, 3.05) is 26.2 Å². The van der Waals surface area contributed by atoms with Crippen molar-refractivity contribution in [1.29, 1.82) is 0 Å². The van der Waals surface area contributed by atoms with Crippen LogP contribution in [0.15, 0.2) is 0 Å². The SMILES string of the molecule is CC1CCCC(CNC2CC2)(CN2CCCC2CO)C1. The maximum Gasteiger partial charge on any atom is 0.0586 e. The predicted molar refractivity (Wildman–Crippen MR) is 82.8 cm³/mol. The summed E-state index contributed by atoms with van der Waals surface area (Å²) in [5.41, 5.74) is 0.470. The lowest BCUT2D eigenvalue weighted by atomic mass is 9.69. The van der Waals surface area contributed by atoms with Crippen LogP contribution in [0.5, 0.6) is 0 Å². The third-order valence-electron chi connectivity index (χ3n) is 5.78. The Morgan fingerprint density at radius 2 is 2.05 bits per heavy atom. The van der Waals surface area contributed by atoms with Crippen molar-refractivity contribution in [3.63, 3.8) is 0 Å². The van der Waals surface area contributed by atoms with Gasteiger partial charge in [0.1, 0.15) is 0 Å². The zero-order chi connectivity index (χ0) is 14.0. The number of rotatable bonds is 6. The van der Waals surface area contributed by atoms with Gasteiger partial charge in [-0.1, -0.05) is 19.8 Å². The molecule has 1 aliphatic heterocycles. The lowest BCUT2D eigenvalue weighted by molar-refractivity contribution is 0.0582. The van der Waals surface area contributed by atoms with E-state index in [9.17, 15) is 5.11 Å². The Labute approximate surface area is 124 Å². The Bertz CT molecular complexity index is 318. The summed E-state index contributed by atoms with van der Waals surface area (Å²) in [5.74, 6) is 0.875. The first-order valence-corrected chi connectivity index (χ1v) is 8.79. The number of aliphatic hydroxyl groups excluding tert-OH is 1. The van der Waals surface area contributed by atoms with Crippen LogP contribution in [0, 0.1) is 11.3 Å². The minimum atomic E-state index is 0.349. The molecule has 116 valence electrons. The van der Waals surface area contributed by atoms with Gasteiger partial charge in [-0.3, -0.25) is 4.90 Å². The van der Waals surface area contributed by atoms with Crippen LogP contribution < -0.4 is 5.32 Å². The highest BCUT2D eigenvalue weighted by Crippen LogP contribution is 2.41. The molecule has 0 spiro atoms. The zero-order valence-corrected chi connectivity index (χ0v) is 13.1. The third-order valence-corrected chi connectivity index (χ3v) is 5.78. The summed E-state index contributed by atoms with van der Waals surface area (Å²) in [4.78, 5) is 2.59. The summed E-state index contributed by atoms with van der Waals surface area (Å²) in [6.07, 6.45) is 10.8. The molecule has 3 atom stereocenters. The van der Waals surface area contributed by atoms with Crippen LogP contribution in [0.25, 0.3) is 0 Å². The van der Waals surface area contributed by atoms with E-state index in [1.807, 2.05) is 0 Å². The molecule has 0 aromatic carbocycles. The van der Waals surface area contributed by atoms with Gasteiger partial charge in [0.15, 0.2) is 0 Å². The van der Waals surface area contributed by atoms with Gasteiger partial charge in [0, 0.05) is 25.2 Å². The summed E-state index contributed by atoms with van der Waals surface area (Å²) in [6, 6.07) is 1.25. The molecule has 2 N–H and O–H groups in total. The standard InChI is InChI=1S/C17H32N2O/c1-14-4-2-8-17(10-14,12-18-15-6-7-15)13-19-9-3-5-16(19)11-20/h14-16,18,20H,2-13H2,1H3. The molecule has 2 saturated carbocycles. The second-order valence-corrected chi connectivity index (χ2v) is 7.81. The molecule has 3 heteroatoms. The Morgan fingerprint density at radius 3 is 2.75 bits per heavy atom. The molecule has 0 aromatic heterocycles. The number of nitrogens with zero attached hydrogens (tertiary/aromatic N) is 1. The fourth-order valence-corrected chi connectivity index (χ4v) is 4.52. The fourth-order valence-electron chi connectivity index (χ4n) is 4.52. The average molecular weight is 280 g/mol. The van der Waals surface area contributed by atoms with Gasteiger partial charge in [-0.25, -0.2) is 0 Å². The van der Waals surface area contributed by atoms with Gasteiger partial charge in [0.25, 0.3) is 0 Å². The smallest absolute Gasteiger partial charge is 0.0586 e. The molecule has 1 saturated heterocycles. The van der Waals surface area contributed by atoms with E-state index in [4.69, 9.17) is 0 Å². The number of nitrogens with one attached hydrogen (secondary N) is 1. The third kappa shape index (κ3) is 3.55. The molecule has 3 nitrogen and oxygen atoms in total. The van der Waals surface area contributed by atoms with Crippen LogP contribution in [0.2, 0.25) is 0 Å². The Hall–Kier alpha value is -0.120. The van der Waals surface area contributed by atoms with Crippen LogP contribution in [0.1, 0.15) is 58.3 Å². The number of hydrogen-bond acceptors (Lipinski definition) is 3. The largest absolute Gasteiger partial charge is 0.395 e. The first-order chi connectivity index (χ1) is 9.71. The molecule has 0 radical (unpaired) electrons. The normalized spacial score (nSPS) is 39.3. The van der Waals surface area contributed by atoms with Crippen LogP contribution in [0.3, 0.4) is 0 Å². The van der Waals surface area contributed by atoms with Crippen LogP contribution >= 0.6 is 0 Å². The highest BCUT2D eigenvalue weighted by molar-refractivity contribution is 4.94. The average Bonchev–Trinajstić information content (AvgIpc) is 3.16. The summed E-state index contributed by atoms with van der Waals surface area (Å²) in [6.45, 7) is 6.39. The molecule has 1 heterocycles. The lowest BCUT2D eigenvalue weighted by Gasteiger charge is -2.44. The van der Waals surface area contributed by atoms with Gasteiger partial charge >= 0.3 is 0 Å². The monoisotopic (exact) mass is 280 g/mol. The Balaban J connectivity index is 1.63. The van der Waals surface area contributed by atoms with E-state index >= 15 is 0 Å². The number of likely N-dealkylation sites (tertiary alicyclic amines) is 1. The quantitative estimate of drug-likeness (QED) is 0.784. The summed E-state index contributed by atoms with van der Waals surface area (Å²) in [7, 11) is 0. The van der Waals surface area contributed by atoms with E-state index in [0.717, 1.165) is 12.0 Å². The highest BCUT2D eigenvalue weighted by atomic mass is 16.3. The van der Waals surface area contributed by atoms with Crippen molar-refractivity contribution in [1.82, 2.24) is 10.2 Å². The first kappa shape index (κ1) is 14.8. The van der Waals surface area contributed by atoms with Crippen molar-refractivity contribution < 1.29 is 5.11 Å². The van der Waals surface area contributed by atoms with E-state index < -0.39 is 0 Å². The van der Waals surface area contributed by atoms with E-state index in [2.05, 4.69) is 17.1 Å². The van der Waals surface area contributed by atoms with E-state index in [-0.39, 0.29) is 0 Å². The van der Waals surface area contributed by atoms with Crippen molar-refractivity contribution >= 4 is 0 Å². The molecule has 3 unspecified atom stereocenters. The summed E-state index contributed by atoms with van der Waals surface area (Å²) in [5, 5.41) is 13.4. The predicted octanol–water partition coefficient (Wildman–Crippen LogP) is 2.39. The van der Waals surface area contributed by atoms with Gasteiger partial charge in [-0.05, 0) is 56.4 Å². The molecule has 0 bridgehead atoms. The highest BCUT2D eigenvalue weighted by Gasteiger charge is 2.39. The topological polar surface area (TPSA) is 35.5 Å². The van der Waals surface area contributed by atoms with Crippen LogP contribution in [0.4, 0.5) is 0 Å². The minimum Gasteiger partial charge on any atom is -0.395 e. The zero-order valence-electron chi connectivity index (χ0n) is 13.1. The molecule has 3 aliphatic rings. The molecule has 0 amide bonds. The second-order valence-electron chi connectivity index (χ2n) is 7.81. The second kappa shape index (κ2) is 6.33. The molecule has 3 rings (SSSR count). The van der Waals surface area contributed by atoms with Crippen molar-refractivity contribution in [3.05, 3.63) is 0 Å². The van der Waals surface area contributed by atoms with E-state index in [1.54, 1.807) is 0 Å². The Kier molecular flexibility index (Phi) is 4.68. The summed E-state index contributed by atoms with van der Waals surface area (Å²) < 4.78 is 0. The van der Waals surface area contributed by atoms with Crippen LogP contribution in [-0.4, -0.2) is 48.3 Å². The van der Waals surface area contributed by atoms with Crippen molar-refractivity contribution in [2.24, 2.45) is 11.3 Å². The van der Waals surface area contributed by atoms with Crippen molar-refractivity contribution in [3.8, 4) is 0 Å². The molecular formula is C17H32N2O. The minimum absolute atomic E-state index is 0.349. The van der Waals surface area contributed by atoms with Gasteiger partial charge in [0.05, 0.1) is 6.61 Å². The van der Waals surface area contributed by atoms with Crippen molar-refractivity contribution in [2.45, 2.75) is 70.4 Å². The summed E-state index contributed by atoms with van der Waals surface area (Å²) >= 11 is 0. The Morgan fingerprint density at radius 1 is 1.20 bits per heavy atom. The molecule has 20 heavy (non-hydrogen) atoms. The van der Waals surface area contributed by atoms with Gasteiger partial charge in [0.2, 0.25) is 0 Å². The van der Waals surface area contributed by atoms with Gasteiger partial charge < -0.3 is 10.4 Å². The number of aliphatic hydroxyl groups is 1. The first-order valence-electron chi connectivity index (χ1n) is 8.79.